The number of carbonyl (C=O) groups is 2. The summed E-state index contributed by atoms with van der Waals surface area (Å²) in [4.78, 5) is 23.7. The molecule has 1 aliphatic rings. The Labute approximate surface area is 160 Å². The van der Waals surface area contributed by atoms with Crippen LogP contribution in [0.5, 0.6) is 5.75 Å². The molecule has 5 heteroatoms. The van der Waals surface area contributed by atoms with E-state index < -0.39 is 0 Å². The molecule has 2 aromatic carbocycles. The van der Waals surface area contributed by atoms with Crippen molar-refractivity contribution >= 4 is 17.5 Å². The summed E-state index contributed by atoms with van der Waals surface area (Å²) in [7, 11) is 0. The molecule has 142 valence electrons. The number of ether oxygens (including phenoxy) is 1. The van der Waals surface area contributed by atoms with Crippen LogP contribution >= 0.6 is 0 Å². The minimum absolute atomic E-state index is 0.0160. The Kier molecular flexibility index (Phi) is 6.47. The van der Waals surface area contributed by atoms with Gasteiger partial charge in [0.1, 0.15) is 5.75 Å². The maximum Gasteiger partial charge on any atom is 0.257 e. The van der Waals surface area contributed by atoms with Gasteiger partial charge < -0.3 is 15.4 Å². The number of fused-ring (bicyclic) bond motifs is 1. The molecule has 1 aliphatic carbocycles. The van der Waals surface area contributed by atoms with Crippen LogP contribution in [0.25, 0.3) is 0 Å². The molecule has 0 saturated carbocycles. The van der Waals surface area contributed by atoms with Crippen molar-refractivity contribution in [3.05, 3.63) is 59.2 Å². The van der Waals surface area contributed by atoms with Crippen molar-refractivity contribution in [2.75, 3.05) is 18.5 Å². The fraction of sp³-hybridized carbons (Fsp3) is 0.364. The second-order valence-corrected chi connectivity index (χ2v) is 6.80. The highest BCUT2D eigenvalue weighted by atomic mass is 16.5. The van der Waals surface area contributed by atoms with Crippen LogP contribution in [0.3, 0.4) is 0 Å². The highest BCUT2D eigenvalue weighted by Crippen LogP contribution is 2.22. The third-order valence-electron chi connectivity index (χ3n) is 4.66. The van der Waals surface area contributed by atoms with Crippen LogP contribution in [0, 0.1) is 0 Å². The molecular weight excluding hydrogens is 340 g/mol. The lowest BCUT2D eigenvalue weighted by Crippen LogP contribution is -2.28. The molecule has 0 unspecified atom stereocenters. The first-order valence-electron chi connectivity index (χ1n) is 9.54. The number of rotatable bonds is 7. The molecule has 0 aromatic heterocycles. The van der Waals surface area contributed by atoms with Crippen molar-refractivity contribution in [1.82, 2.24) is 5.32 Å². The van der Waals surface area contributed by atoms with E-state index in [0.29, 0.717) is 24.4 Å². The molecule has 2 amide bonds. The summed E-state index contributed by atoms with van der Waals surface area (Å²) in [6.07, 6.45) is 5.12. The average Bonchev–Trinajstić information content (AvgIpc) is 2.67. The fourth-order valence-electron chi connectivity index (χ4n) is 3.32. The lowest BCUT2D eigenvalue weighted by Gasteiger charge is -2.16. The summed E-state index contributed by atoms with van der Waals surface area (Å²) in [5.41, 5.74) is 4.58. The van der Waals surface area contributed by atoms with E-state index in [2.05, 4.69) is 28.8 Å². The molecule has 0 fully saturated rings. The van der Waals surface area contributed by atoms with E-state index in [1.807, 2.05) is 6.92 Å². The van der Waals surface area contributed by atoms with E-state index in [1.165, 1.54) is 24.0 Å². The number of likely N-dealkylation sites (N-methyl/N-ethyl adjacent to an activating group) is 1. The molecule has 0 saturated heterocycles. The van der Waals surface area contributed by atoms with Gasteiger partial charge >= 0.3 is 0 Å². The van der Waals surface area contributed by atoms with Gasteiger partial charge in [-0.15, -0.1) is 0 Å². The van der Waals surface area contributed by atoms with Gasteiger partial charge in [0.15, 0.2) is 6.61 Å². The lowest BCUT2D eigenvalue weighted by molar-refractivity contribution is -0.123. The smallest absolute Gasteiger partial charge is 0.257 e. The van der Waals surface area contributed by atoms with Gasteiger partial charge in [0.05, 0.1) is 6.42 Å². The normalized spacial score (nSPS) is 12.8. The van der Waals surface area contributed by atoms with Gasteiger partial charge in [-0.05, 0) is 73.6 Å². The summed E-state index contributed by atoms with van der Waals surface area (Å²) in [6, 6.07) is 13.4. The summed E-state index contributed by atoms with van der Waals surface area (Å²) >= 11 is 0. The summed E-state index contributed by atoms with van der Waals surface area (Å²) in [5.74, 6) is 0.399. The summed E-state index contributed by atoms with van der Waals surface area (Å²) in [6.45, 7) is 2.43. The predicted octanol–water partition coefficient (Wildman–Crippen LogP) is 3.26. The van der Waals surface area contributed by atoms with Gasteiger partial charge in [-0.2, -0.15) is 0 Å². The number of hydrogen-bond acceptors (Lipinski definition) is 3. The zero-order valence-corrected chi connectivity index (χ0v) is 15.7. The second-order valence-electron chi connectivity index (χ2n) is 6.80. The number of benzene rings is 2. The number of aryl methyl sites for hydroxylation is 2. The number of carbonyl (C=O) groups excluding carboxylic acids is 2. The molecule has 0 aliphatic heterocycles. The lowest BCUT2D eigenvalue weighted by atomic mass is 9.90. The van der Waals surface area contributed by atoms with Crippen LogP contribution in [0.4, 0.5) is 5.69 Å². The number of nitrogens with one attached hydrogen (secondary N) is 2. The van der Waals surface area contributed by atoms with Crippen LogP contribution in [-0.2, 0) is 28.9 Å². The van der Waals surface area contributed by atoms with E-state index >= 15 is 0 Å². The third kappa shape index (κ3) is 5.58. The maximum absolute atomic E-state index is 12.3. The molecule has 3 rings (SSSR count). The minimum Gasteiger partial charge on any atom is -0.484 e. The van der Waals surface area contributed by atoms with Crippen molar-refractivity contribution in [3.8, 4) is 5.75 Å². The monoisotopic (exact) mass is 366 g/mol. The number of amides is 2. The molecule has 0 spiro atoms. The van der Waals surface area contributed by atoms with E-state index in [9.17, 15) is 9.59 Å². The average molecular weight is 366 g/mol. The summed E-state index contributed by atoms with van der Waals surface area (Å²) < 4.78 is 5.40. The van der Waals surface area contributed by atoms with Gasteiger partial charge in [-0.25, -0.2) is 0 Å². The maximum atomic E-state index is 12.3. The van der Waals surface area contributed by atoms with Crippen LogP contribution in [0.2, 0.25) is 0 Å². The topological polar surface area (TPSA) is 67.4 Å². The molecule has 27 heavy (non-hydrogen) atoms. The third-order valence-corrected chi connectivity index (χ3v) is 4.66. The Morgan fingerprint density at radius 3 is 2.44 bits per heavy atom. The van der Waals surface area contributed by atoms with E-state index in [1.54, 1.807) is 24.3 Å². The zero-order valence-electron chi connectivity index (χ0n) is 15.7. The quantitative estimate of drug-likeness (QED) is 0.790. The van der Waals surface area contributed by atoms with Gasteiger partial charge in [0.2, 0.25) is 5.91 Å². The molecule has 0 heterocycles. The van der Waals surface area contributed by atoms with Gasteiger partial charge in [0.25, 0.3) is 5.91 Å². The second kappa shape index (κ2) is 9.21. The molecular formula is C22H26N2O3. The Hall–Kier alpha value is -2.82. The van der Waals surface area contributed by atoms with E-state index in [4.69, 9.17) is 4.74 Å². The SMILES string of the molecule is CCNC(=O)COc1ccc(NC(=O)Cc2ccc3c(c2)CCCC3)cc1. The van der Waals surface area contributed by atoms with Crippen molar-refractivity contribution in [1.29, 1.82) is 0 Å². The van der Waals surface area contributed by atoms with Crippen molar-refractivity contribution < 1.29 is 14.3 Å². The number of anilines is 1. The van der Waals surface area contributed by atoms with E-state index in [0.717, 1.165) is 18.4 Å². The van der Waals surface area contributed by atoms with E-state index in [-0.39, 0.29) is 18.4 Å². The first kappa shape index (κ1) is 19.0. The molecule has 2 aromatic rings. The first-order chi connectivity index (χ1) is 13.1. The standard InChI is InChI=1S/C22H26N2O3/c1-2-23-22(26)15-27-20-11-9-19(10-12-20)24-21(25)14-16-7-8-17-5-3-4-6-18(17)13-16/h7-13H,2-6,14-15H2,1H3,(H,23,26)(H,24,25). The minimum atomic E-state index is -0.153. The van der Waals surface area contributed by atoms with Crippen molar-refractivity contribution in [2.45, 2.75) is 39.0 Å². The van der Waals surface area contributed by atoms with Crippen LogP contribution < -0.4 is 15.4 Å². The molecule has 0 atom stereocenters. The Balaban J connectivity index is 1.51. The Morgan fingerprint density at radius 2 is 1.70 bits per heavy atom. The summed E-state index contributed by atoms with van der Waals surface area (Å²) in [5, 5.41) is 5.58. The fourth-order valence-corrected chi connectivity index (χ4v) is 3.32. The first-order valence-corrected chi connectivity index (χ1v) is 9.54. The zero-order chi connectivity index (χ0) is 19.1. The molecule has 0 radical (unpaired) electrons. The van der Waals surface area contributed by atoms with Gasteiger partial charge in [-0.1, -0.05) is 18.2 Å². The Morgan fingerprint density at radius 1 is 0.963 bits per heavy atom. The van der Waals surface area contributed by atoms with Crippen LogP contribution in [-0.4, -0.2) is 25.0 Å². The molecule has 5 nitrogen and oxygen atoms in total. The van der Waals surface area contributed by atoms with Crippen LogP contribution in [0.15, 0.2) is 42.5 Å². The highest BCUT2D eigenvalue weighted by Gasteiger charge is 2.11. The van der Waals surface area contributed by atoms with Crippen molar-refractivity contribution in [2.24, 2.45) is 0 Å². The van der Waals surface area contributed by atoms with Crippen molar-refractivity contribution in [3.63, 3.8) is 0 Å². The van der Waals surface area contributed by atoms with Crippen LogP contribution in [0.1, 0.15) is 36.5 Å². The largest absolute Gasteiger partial charge is 0.484 e. The molecule has 0 bridgehead atoms. The number of hydrogen-bond donors (Lipinski definition) is 2. The Bertz CT molecular complexity index is 800. The van der Waals surface area contributed by atoms with Gasteiger partial charge in [-0.3, -0.25) is 9.59 Å². The van der Waals surface area contributed by atoms with Gasteiger partial charge in [0, 0.05) is 12.2 Å². The predicted molar refractivity (Wildman–Crippen MR) is 106 cm³/mol. The highest BCUT2D eigenvalue weighted by molar-refractivity contribution is 5.92. The molecule has 2 N–H and O–H groups in total.